The molecule has 3 heterocycles. The molecule has 0 radical (unpaired) electrons. The van der Waals surface area contributed by atoms with Crippen LogP contribution in [0.2, 0.25) is 0 Å². The van der Waals surface area contributed by atoms with E-state index in [-0.39, 0.29) is 0 Å². The fourth-order valence-corrected chi connectivity index (χ4v) is 12.7. The van der Waals surface area contributed by atoms with Gasteiger partial charge in [0.15, 0.2) is 0 Å². The second-order valence-corrected chi connectivity index (χ2v) is 12.4. The molecule has 0 aliphatic carbocycles. The van der Waals surface area contributed by atoms with Gasteiger partial charge in [-0.05, 0) is 0 Å². The van der Waals surface area contributed by atoms with Gasteiger partial charge in [-0.15, -0.1) is 0 Å². The van der Waals surface area contributed by atoms with E-state index < -0.39 is 12.6 Å². The fourth-order valence-electron chi connectivity index (χ4n) is 6.24. The average Bonchev–Trinajstić information content (AvgIpc) is 3.38. The van der Waals surface area contributed by atoms with E-state index in [4.69, 9.17) is 13.6 Å². The first-order chi connectivity index (χ1) is 14.8. The standard InChI is InChI=1S/C25H27NO3P/c1-4-10-22(11-5-1)25(23-12-6-2-7-13-23,24-14-8-3-9-15-24)30-26(16-19-27-30,17-20-28-30)18-21-29-30/h1-15H,16-21H2/q+1. The zero-order valence-corrected chi connectivity index (χ0v) is 17.9. The molecule has 3 aliphatic heterocycles. The van der Waals surface area contributed by atoms with E-state index in [0.29, 0.717) is 19.8 Å². The first-order valence-electron chi connectivity index (χ1n) is 10.8. The molecule has 6 rings (SSSR count). The van der Waals surface area contributed by atoms with Crippen LogP contribution in [0.5, 0.6) is 0 Å². The molecule has 3 aliphatic rings. The van der Waals surface area contributed by atoms with Crippen molar-refractivity contribution in [2.24, 2.45) is 0 Å². The van der Waals surface area contributed by atoms with Crippen molar-refractivity contribution in [2.75, 3.05) is 39.5 Å². The summed E-state index contributed by atoms with van der Waals surface area (Å²) >= 11 is 0. The Morgan fingerprint density at radius 1 is 0.533 bits per heavy atom. The van der Waals surface area contributed by atoms with E-state index in [0.717, 1.165) is 23.9 Å². The number of rotatable bonds is 4. The molecule has 0 atom stereocenters. The Morgan fingerprint density at radius 3 is 1.20 bits per heavy atom. The van der Waals surface area contributed by atoms with E-state index >= 15 is 0 Å². The molecule has 0 N–H and O–H groups in total. The molecule has 4 nitrogen and oxygen atoms in total. The molecule has 3 aromatic carbocycles. The average molecular weight is 420 g/mol. The zero-order valence-electron chi connectivity index (χ0n) is 17.0. The second kappa shape index (κ2) is 6.46. The summed E-state index contributed by atoms with van der Waals surface area (Å²) in [5, 5.41) is -0.654. The Balaban J connectivity index is 1.82. The van der Waals surface area contributed by atoms with Crippen LogP contribution in [0.3, 0.4) is 0 Å². The summed E-state index contributed by atoms with van der Waals surface area (Å²) in [5.41, 5.74) is 3.52. The van der Waals surface area contributed by atoms with Crippen LogP contribution >= 0.6 is 7.43 Å². The summed E-state index contributed by atoms with van der Waals surface area (Å²) < 4.78 is 21.7. The van der Waals surface area contributed by atoms with Gasteiger partial charge < -0.3 is 0 Å². The first-order valence-corrected chi connectivity index (χ1v) is 12.7. The van der Waals surface area contributed by atoms with Crippen molar-refractivity contribution in [3.05, 3.63) is 108 Å². The van der Waals surface area contributed by atoms with Crippen LogP contribution in [0.15, 0.2) is 91.0 Å². The van der Waals surface area contributed by atoms with Gasteiger partial charge in [-0.3, -0.25) is 0 Å². The van der Waals surface area contributed by atoms with Gasteiger partial charge in [0.1, 0.15) is 0 Å². The van der Waals surface area contributed by atoms with Crippen LogP contribution in [-0.2, 0) is 18.7 Å². The number of hydrogen-bond donors (Lipinski definition) is 0. The van der Waals surface area contributed by atoms with Crippen molar-refractivity contribution >= 4 is 7.43 Å². The Hall–Kier alpha value is -2.07. The number of benzene rings is 3. The molecule has 30 heavy (non-hydrogen) atoms. The minimum absolute atomic E-state index is 0.654. The predicted molar refractivity (Wildman–Crippen MR) is 119 cm³/mol. The zero-order chi connectivity index (χ0) is 20.1. The van der Waals surface area contributed by atoms with Crippen LogP contribution in [0.25, 0.3) is 0 Å². The number of nitrogens with zero attached hydrogens (tertiary/aromatic N) is 1. The van der Waals surface area contributed by atoms with Gasteiger partial charge in [-0.25, -0.2) is 0 Å². The predicted octanol–water partition coefficient (Wildman–Crippen LogP) is 5.10. The molecule has 0 unspecified atom stereocenters. The van der Waals surface area contributed by atoms with Crippen molar-refractivity contribution in [2.45, 2.75) is 5.16 Å². The van der Waals surface area contributed by atoms with Crippen LogP contribution < -0.4 is 0 Å². The van der Waals surface area contributed by atoms with Crippen LogP contribution in [0.1, 0.15) is 16.7 Å². The van der Waals surface area contributed by atoms with Crippen molar-refractivity contribution in [1.82, 2.24) is 0 Å². The van der Waals surface area contributed by atoms with E-state index in [1.165, 1.54) is 16.7 Å². The normalized spacial score (nSPS) is 27.7. The number of quaternary nitrogens is 1. The molecule has 0 bridgehead atoms. The number of hydrogen-bond acceptors (Lipinski definition) is 3. The van der Waals surface area contributed by atoms with Crippen LogP contribution in [-0.4, -0.2) is 43.7 Å². The first kappa shape index (κ1) is 18.7. The quantitative estimate of drug-likeness (QED) is 0.434. The van der Waals surface area contributed by atoms with Gasteiger partial charge in [0, 0.05) is 0 Å². The Kier molecular flexibility index (Phi) is 4.02. The Labute approximate surface area is 177 Å². The molecule has 3 aromatic rings. The third-order valence-corrected chi connectivity index (χ3v) is 13.2. The Bertz CT molecular complexity index is 929. The molecule has 0 aromatic heterocycles. The van der Waals surface area contributed by atoms with E-state index in [9.17, 15) is 0 Å². The van der Waals surface area contributed by atoms with Crippen molar-refractivity contribution in [3.8, 4) is 0 Å². The van der Waals surface area contributed by atoms with Gasteiger partial charge in [0.25, 0.3) is 0 Å². The van der Waals surface area contributed by atoms with Crippen LogP contribution in [0, 0.1) is 0 Å². The maximum absolute atomic E-state index is 6.95. The van der Waals surface area contributed by atoms with Crippen molar-refractivity contribution in [3.63, 3.8) is 0 Å². The maximum atomic E-state index is 6.95. The monoisotopic (exact) mass is 420 g/mol. The molecule has 154 valence electrons. The summed E-state index contributed by atoms with van der Waals surface area (Å²) in [4.78, 5) is 0. The van der Waals surface area contributed by atoms with E-state index in [1.54, 1.807) is 0 Å². The summed E-state index contributed by atoms with van der Waals surface area (Å²) in [6.45, 7) is 4.87. The molecule has 0 spiro atoms. The van der Waals surface area contributed by atoms with Gasteiger partial charge in [-0.1, -0.05) is 0 Å². The minimum atomic E-state index is -3.72. The van der Waals surface area contributed by atoms with Crippen LogP contribution in [0.4, 0.5) is 0 Å². The Morgan fingerprint density at radius 2 is 0.867 bits per heavy atom. The molecule has 5 heteroatoms. The third-order valence-electron chi connectivity index (χ3n) is 7.35. The fraction of sp³-hybridized carbons (Fsp3) is 0.280. The van der Waals surface area contributed by atoms with E-state index in [2.05, 4.69) is 91.0 Å². The molecule has 0 saturated carbocycles. The summed E-state index contributed by atoms with van der Waals surface area (Å²) in [6, 6.07) is 32.2. The van der Waals surface area contributed by atoms with Gasteiger partial charge in [0.05, 0.1) is 0 Å². The molecular formula is C25H27NO3P+. The summed E-state index contributed by atoms with van der Waals surface area (Å²) in [6.07, 6.45) is 0. The molecule has 3 saturated heterocycles. The summed E-state index contributed by atoms with van der Waals surface area (Å²) in [7, 11) is -3.72. The van der Waals surface area contributed by atoms with Crippen molar-refractivity contribution in [1.29, 1.82) is 0 Å². The third kappa shape index (κ3) is 1.95. The van der Waals surface area contributed by atoms with Gasteiger partial charge in [-0.2, -0.15) is 0 Å². The van der Waals surface area contributed by atoms with Crippen molar-refractivity contribution < 1.29 is 17.8 Å². The second-order valence-electron chi connectivity index (χ2n) is 8.42. The van der Waals surface area contributed by atoms with Gasteiger partial charge in [0.2, 0.25) is 0 Å². The topological polar surface area (TPSA) is 27.7 Å². The van der Waals surface area contributed by atoms with Gasteiger partial charge >= 0.3 is 178 Å². The molecule has 3 fully saturated rings. The summed E-state index contributed by atoms with van der Waals surface area (Å²) in [5.74, 6) is 0. The molecular weight excluding hydrogens is 393 g/mol. The molecule has 0 amide bonds. The van der Waals surface area contributed by atoms with E-state index in [1.807, 2.05) is 0 Å². The SMILES string of the molecule is c1ccc(C(c2ccccc2)(c2ccccc2)P234OCC[N+]2(CCO3)CCO4)cc1.